The van der Waals surface area contributed by atoms with Gasteiger partial charge in [-0.2, -0.15) is 0 Å². The van der Waals surface area contributed by atoms with Gasteiger partial charge in [0, 0.05) is 43.4 Å². The molecule has 2 unspecified atom stereocenters. The average Bonchev–Trinajstić information content (AvgIpc) is 3.05. The second-order valence-electron chi connectivity index (χ2n) is 7.02. The summed E-state index contributed by atoms with van der Waals surface area (Å²) in [6.07, 6.45) is 1.47. The lowest BCUT2D eigenvalue weighted by Gasteiger charge is -2.28. The van der Waals surface area contributed by atoms with Gasteiger partial charge in [-0.1, -0.05) is 11.6 Å². The summed E-state index contributed by atoms with van der Waals surface area (Å²) >= 11 is 5.87. The lowest BCUT2D eigenvalue weighted by molar-refractivity contribution is -0.145. The molecular formula is C19H23ClN2O5. The quantitative estimate of drug-likeness (QED) is 0.768. The molecule has 1 aromatic rings. The van der Waals surface area contributed by atoms with Crippen LogP contribution in [0.5, 0.6) is 0 Å². The van der Waals surface area contributed by atoms with Gasteiger partial charge in [-0.15, -0.1) is 0 Å². The summed E-state index contributed by atoms with van der Waals surface area (Å²) < 4.78 is 5.28. The molecule has 2 N–H and O–H groups in total. The number of nitrogens with one attached hydrogen (secondary N) is 1. The van der Waals surface area contributed by atoms with Crippen molar-refractivity contribution in [1.82, 2.24) is 5.32 Å². The molecule has 27 heavy (non-hydrogen) atoms. The highest BCUT2D eigenvalue weighted by molar-refractivity contribution is 6.30. The molecule has 2 saturated heterocycles. The number of aliphatic carboxylic acids is 1. The number of ether oxygens (including phenoxy) is 1. The molecule has 7 nitrogen and oxygen atoms in total. The molecule has 0 bridgehead atoms. The first-order valence-corrected chi connectivity index (χ1v) is 9.47. The van der Waals surface area contributed by atoms with Crippen LogP contribution < -0.4 is 10.2 Å². The van der Waals surface area contributed by atoms with Gasteiger partial charge in [0.15, 0.2) is 0 Å². The Morgan fingerprint density at radius 1 is 1.26 bits per heavy atom. The summed E-state index contributed by atoms with van der Waals surface area (Å²) in [6.45, 7) is 1.46. The molecule has 3 rings (SSSR count). The Morgan fingerprint density at radius 2 is 1.93 bits per heavy atom. The summed E-state index contributed by atoms with van der Waals surface area (Å²) in [4.78, 5) is 37.9. The molecule has 2 aliphatic heterocycles. The van der Waals surface area contributed by atoms with E-state index < -0.39 is 17.8 Å². The number of halogens is 1. The lowest BCUT2D eigenvalue weighted by Crippen LogP contribution is -2.41. The van der Waals surface area contributed by atoms with E-state index in [0.29, 0.717) is 36.8 Å². The molecule has 8 heteroatoms. The monoisotopic (exact) mass is 394 g/mol. The predicted molar refractivity (Wildman–Crippen MR) is 99.6 cm³/mol. The number of nitrogens with zero attached hydrogens (tertiary/aromatic N) is 1. The van der Waals surface area contributed by atoms with E-state index in [1.807, 2.05) is 0 Å². The first kappa shape index (κ1) is 19.6. The van der Waals surface area contributed by atoms with Crippen LogP contribution in [0.2, 0.25) is 5.02 Å². The molecular weight excluding hydrogens is 372 g/mol. The van der Waals surface area contributed by atoms with E-state index in [9.17, 15) is 19.5 Å². The van der Waals surface area contributed by atoms with Crippen LogP contribution in [0.25, 0.3) is 0 Å². The minimum atomic E-state index is -0.910. The van der Waals surface area contributed by atoms with E-state index in [2.05, 4.69) is 5.32 Å². The smallest absolute Gasteiger partial charge is 0.308 e. The van der Waals surface area contributed by atoms with Crippen LogP contribution in [0, 0.1) is 17.8 Å². The van der Waals surface area contributed by atoms with E-state index in [0.717, 1.165) is 0 Å². The zero-order valence-corrected chi connectivity index (χ0v) is 15.7. The van der Waals surface area contributed by atoms with Gasteiger partial charge in [0.1, 0.15) is 0 Å². The summed E-state index contributed by atoms with van der Waals surface area (Å²) in [5.74, 6) is -2.45. The van der Waals surface area contributed by atoms with E-state index in [1.54, 1.807) is 29.2 Å². The normalized spacial score (nSPS) is 21.9. The van der Waals surface area contributed by atoms with E-state index in [-0.39, 0.29) is 37.2 Å². The molecule has 0 saturated carbocycles. The summed E-state index contributed by atoms with van der Waals surface area (Å²) in [7, 11) is 0. The van der Waals surface area contributed by atoms with Crippen LogP contribution >= 0.6 is 11.6 Å². The van der Waals surface area contributed by atoms with Crippen molar-refractivity contribution in [3.05, 3.63) is 29.3 Å². The molecule has 146 valence electrons. The van der Waals surface area contributed by atoms with Crippen molar-refractivity contribution < 1.29 is 24.2 Å². The summed E-state index contributed by atoms with van der Waals surface area (Å²) in [5, 5.41) is 12.8. The number of anilines is 1. The largest absolute Gasteiger partial charge is 0.481 e. The first-order valence-electron chi connectivity index (χ1n) is 9.10. The van der Waals surface area contributed by atoms with Gasteiger partial charge in [0.2, 0.25) is 11.8 Å². The molecule has 0 radical (unpaired) electrons. The minimum absolute atomic E-state index is 0.00711. The Morgan fingerprint density at radius 3 is 2.56 bits per heavy atom. The Hall–Kier alpha value is -2.12. The van der Waals surface area contributed by atoms with Gasteiger partial charge in [0.05, 0.1) is 11.8 Å². The van der Waals surface area contributed by atoms with Gasteiger partial charge < -0.3 is 20.1 Å². The van der Waals surface area contributed by atoms with E-state index in [4.69, 9.17) is 16.3 Å². The Labute approximate surface area is 162 Å². The van der Waals surface area contributed by atoms with Crippen LogP contribution in [0.4, 0.5) is 5.69 Å². The van der Waals surface area contributed by atoms with Gasteiger partial charge in [-0.25, -0.2) is 0 Å². The van der Waals surface area contributed by atoms with Crippen LogP contribution in [-0.4, -0.2) is 49.2 Å². The fourth-order valence-electron chi connectivity index (χ4n) is 3.68. The number of rotatable bonds is 6. The van der Waals surface area contributed by atoms with Crippen molar-refractivity contribution in [2.45, 2.75) is 19.3 Å². The molecule has 2 atom stereocenters. The Kier molecular flexibility index (Phi) is 6.34. The van der Waals surface area contributed by atoms with Crippen molar-refractivity contribution in [3.63, 3.8) is 0 Å². The Bertz CT molecular complexity index is 703. The average molecular weight is 395 g/mol. The maximum absolute atomic E-state index is 12.5. The van der Waals surface area contributed by atoms with Crippen LogP contribution in [-0.2, 0) is 19.1 Å². The number of hydrogen-bond acceptors (Lipinski definition) is 4. The standard InChI is InChI=1S/C19H23ClN2O5/c20-14-1-3-15(4-2-14)22-11-13(9-17(22)23)18(24)21-10-16(19(25)26)12-5-7-27-8-6-12/h1-4,12-13,16H,5-11H2,(H,21,24)(H,25,26). The van der Waals surface area contributed by atoms with Crippen molar-refractivity contribution >= 4 is 35.1 Å². The minimum Gasteiger partial charge on any atom is -0.481 e. The van der Waals surface area contributed by atoms with Gasteiger partial charge >= 0.3 is 5.97 Å². The zero-order chi connectivity index (χ0) is 19.4. The molecule has 0 aromatic heterocycles. The second kappa shape index (κ2) is 8.71. The number of carbonyl (C=O) groups excluding carboxylic acids is 2. The predicted octanol–water partition coefficient (Wildman–Crippen LogP) is 1.94. The molecule has 2 heterocycles. The van der Waals surface area contributed by atoms with E-state index in [1.165, 1.54) is 0 Å². The number of carboxylic acid groups (broad SMARTS) is 1. The molecule has 2 aliphatic rings. The maximum atomic E-state index is 12.5. The fourth-order valence-corrected chi connectivity index (χ4v) is 3.81. The highest BCUT2D eigenvalue weighted by Gasteiger charge is 2.36. The van der Waals surface area contributed by atoms with Crippen molar-refractivity contribution in [1.29, 1.82) is 0 Å². The number of carboxylic acids is 1. The number of hydrogen-bond donors (Lipinski definition) is 2. The molecule has 2 amide bonds. The highest BCUT2D eigenvalue weighted by Crippen LogP contribution is 2.27. The summed E-state index contributed by atoms with van der Waals surface area (Å²) in [5.41, 5.74) is 0.699. The highest BCUT2D eigenvalue weighted by atomic mass is 35.5. The van der Waals surface area contributed by atoms with Gasteiger partial charge in [-0.3, -0.25) is 14.4 Å². The van der Waals surface area contributed by atoms with Crippen LogP contribution in [0.3, 0.4) is 0 Å². The maximum Gasteiger partial charge on any atom is 0.308 e. The topological polar surface area (TPSA) is 95.9 Å². The molecule has 0 spiro atoms. The molecule has 2 fully saturated rings. The van der Waals surface area contributed by atoms with Crippen LogP contribution in [0.1, 0.15) is 19.3 Å². The van der Waals surface area contributed by atoms with Crippen molar-refractivity contribution in [2.75, 3.05) is 31.2 Å². The van der Waals surface area contributed by atoms with Crippen LogP contribution in [0.15, 0.2) is 24.3 Å². The third-order valence-corrected chi connectivity index (χ3v) is 5.53. The fraction of sp³-hybridized carbons (Fsp3) is 0.526. The second-order valence-corrected chi connectivity index (χ2v) is 7.46. The number of amides is 2. The van der Waals surface area contributed by atoms with Gasteiger partial charge in [0.25, 0.3) is 0 Å². The first-order chi connectivity index (χ1) is 13.0. The third kappa shape index (κ3) is 4.78. The zero-order valence-electron chi connectivity index (χ0n) is 14.9. The Balaban J connectivity index is 1.56. The summed E-state index contributed by atoms with van der Waals surface area (Å²) in [6, 6.07) is 6.88. The third-order valence-electron chi connectivity index (χ3n) is 5.28. The molecule has 0 aliphatic carbocycles. The van der Waals surface area contributed by atoms with Crippen molar-refractivity contribution in [2.24, 2.45) is 17.8 Å². The number of benzene rings is 1. The lowest BCUT2D eigenvalue weighted by atomic mass is 9.86. The number of carbonyl (C=O) groups is 3. The van der Waals surface area contributed by atoms with Gasteiger partial charge in [-0.05, 0) is 43.0 Å². The van der Waals surface area contributed by atoms with Crippen molar-refractivity contribution in [3.8, 4) is 0 Å². The SMILES string of the molecule is O=C(NCC(C(=O)O)C1CCOCC1)C1CC(=O)N(c2ccc(Cl)cc2)C1. The molecule has 1 aromatic carbocycles. The van der Waals surface area contributed by atoms with E-state index >= 15 is 0 Å².